The van der Waals surface area contributed by atoms with E-state index in [0.717, 1.165) is 28.4 Å². The maximum Gasteiger partial charge on any atom is 0.219 e. The van der Waals surface area contributed by atoms with Crippen molar-refractivity contribution in [2.24, 2.45) is 0 Å². The molecule has 0 unspecified atom stereocenters. The standard InChI is InChI=1S/C28H28N4O4S/c1-19(33)32-15-13-28(14-16-32)18-25(24-17-21(34)9-12-26(24)36-28)30-31-27(37)29-20-7-10-23(11-8-20)35-22-5-3-2-4-6-22/h2-12,17-18,30,34H,13-16H2,1H3,(H2,29,31,37). The van der Waals surface area contributed by atoms with E-state index >= 15 is 0 Å². The molecule has 4 N–H and O–H groups in total. The van der Waals surface area contributed by atoms with Crippen LogP contribution in [-0.2, 0) is 4.79 Å². The number of rotatable bonds is 5. The summed E-state index contributed by atoms with van der Waals surface area (Å²) < 4.78 is 12.2. The van der Waals surface area contributed by atoms with Crippen LogP contribution in [0.1, 0.15) is 25.3 Å². The summed E-state index contributed by atoms with van der Waals surface area (Å²) in [6.45, 7) is 2.82. The summed E-state index contributed by atoms with van der Waals surface area (Å²) in [5.41, 5.74) is 7.93. The van der Waals surface area contributed by atoms with Gasteiger partial charge in [-0.3, -0.25) is 15.6 Å². The van der Waals surface area contributed by atoms with E-state index in [1.165, 1.54) is 0 Å². The fourth-order valence-corrected chi connectivity index (χ4v) is 4.64. The van der Waals surface area contributed by atoms with Gasteiger partial charge in [0.05, 0.1) is 5.70 Å². The lowest BCUT2D eigenvalue weighted by Crippen LogP contribution is -2.50. The number of anilines is 1. The number of hydrogen-bond acceptors (Lipinski definition) is 6. The molecular weight excluding hydrogens is 488 g/mol. The van der Waals surface area contributed by atoms with Crippen molar-refractivity contribution in [1.82, 2.24) is 15.8 Å². The summed E-state index contributed by atoms with van der Waals surface area (Å²) in [7, 11) is 0. The van der Waals surface area contributed by atoms with Crippen LogP contribution in [-0.4, -0.2) is 39.7 Å². The Bertz CT molecular complexity index is 1320. The molecular formula is C28H28N4O4S. The van der Waals surface area contributed by atoms with Crippen LogP contribution < -0.4 is 25.6 Å². The number of nitrogens with zero attached hydrogens (tertiary/aromatic N) is 1. The van der Waals surface area contributed by atoms with E-state index in [2.05, 4.69) is 16.2 Å². The Hall–Kier alpha value is -4.24. The molecule has 3 aromatic rings. The molecule has 1 spiro atoms. The zero-order valence-corrected chi connectivity index (χ0v) is 21.2. The van der Waals surface area contributed by atoms with Crippen molar-refractivity contribution in [2.45, 2.75) is 25.4 Å². The van der Waals surface area contributed by atoms with Crippen LogP contribution in [0.4, 0.5) is 5.69 Å². The molecule has 1 saturated heterocycles. The number of carbonyl (C=O) groups excluding carboxylic acids is 1. The van der Waals surface area contributed by atoms with E-state index in [1.807, 2.05) is 65.6 Å². The van der Waals surface area contributed by atoms with Gasteiger partial charge in [0, 0.05) is 44.1 Å². The van der Waals surface area contributed by atoms with Gasteiger partial charge in [0.15, 0.2) is 5.11 Å². The highest BCUT2D eigenvalue weighted by molar-refractivity contribution is 7.80. The van der Waals surface area contributed by atoms with Crippen LogP contribution in [0.2, 0.25) is 0 Å². The van der Waals surface area contributed by atoms with Crippen LogP contribution in [0.15, 0.2) is 78.9 Å². The van der Waals surface area contributed by atoms with E-state index in [0.29, 0.717) is 36.8 Å². The molecule has 8 nitrogen and oxygen atoms in total. The molecule has 0 atom stereocenters. The summed E-state index contributed by atoms with van der Waals surface area (Å²) >= 11 is 5.49. The zero-order valence-electron chi connectivity index (χ0n) is 20.4. The number of nitrogens with one attached hydrogen (secondary N) is 3. The van der Waals surface area contributed by atoms with Gasteiger partial charge >= 0.3 is 0 Å². The highest BCUT2D eigenvalue weighted by Crippen LogP contribution is 2.41. The van der Waals surface area contributed by atoms with E-state index in [1.54, 1.807) is 25.1 Å². The van der Waals surface area contributed by atoms with Gasteiger partial charge in [-0.05, 0) is 72.9 Å². The molecule has 0 bridgehead atoms. The molecule has 9 heteroatoms. The Morgan fingerprint density at radius 2 is 1.73 bits per heavy atom. The van der Waals surface area contributed by atoms with E-state index in [-0.39, 0.29) is 11.7 Å². The second kappa shape index (κ2) is 10.4. The molecule has 5 rings (SSSR count). The van der Waals surface area contributed by atoms with Crippen molar-refractivity contribution in [2.75, 3.05) is 18.4 Å². The number of fused-ring (bicyclic) bond motifs is 1. The van der Waals surface area contributed by atoms with Crippen LogP contribution >= 0.6 is 12.2 Å². The smallest absolute Gasteiger partial charge is 0.219 e. The fraction of sp³-hybridized carbons (Fsp3) is 0.214. The van der Waals surface area contributed by atoms with Gasteiger partial charge < -0.3 is 24.8 Å². The lowest BCUT2D eigenvalue weighted by Gasteiger charge is -2.42. The number of hydrazine groups is 1. The minimum atomic E-state index is -0.552. The highest BCUT2D eigenvalue weighted by atomic mass is 32.1. The summed E-state index contributed by atoms with van der Waals surface area (Å²) in [5.74, 6) is 2.35. The number of hydrogen-bond donors (Lipinski definition) is 4. The summed E-state index contributed by atoms with van der Waals surface area (Å²) in [6.07, 6.45) is 3.34. The predicted octanol–water partition coefficient (Wildman–Crippen LogP) is 4.79. The van der Waals surface area contributed by atoms with E-state index in [9.17, 15) is 9.90 Å². The molecule has 0 radical (unpaired) electrons. The third-order valence-electron chi connectivity index (χ3n) is 6.43. The molecule has 1 fully saturated rings. The minimum Gasteiger partial charge on any atom is -0.508 e. The summed E-state index contributed by atoms with van der Waals surface area (Å²) in [5, 5.41) is 13.6. The van der Waals surface area contributed by atoms with Crippen LogP contribution in [0.25, 0.3) is 5.70 Å². The number of phenolic OH excluding ortho intramolecular Hbond substituents is 1. The number of aromatic hydroxyl groups is 1. The number of likely N-dealkylation sites (tertiary alicyclic amines) is 1. The number of ether oxygens (including phenoxy) is 2. The lowest BCUT2D eigenvalue weighted by atomic mass is 9.87. The van der Waals surface area contributed by atoms with Gasteiger partial charge in [-0.25, -0.2) is 0 Å². The Kier molecular flexibility index (Phi) is 6.87. The SMILES string of the molecule is CC(=O)N1CCC2(C=C(NNC(=S)Nc3ccc(Oc4ccccc4)cc3)c3cc(O)ccc3O2)CC1. The largest absolute Gasteiger partial charge is 0.508 e. The number of amides is 1. The molecule has 37 heavy (non-hydrogen) atoms. The number of para-hydroxylation sites is 1. The Balaban J connectivity index is 1.24. The molecule has 190 valence electrons. The fourth-order valence-electron chi connectivity index (χ4n) is 4.47. The molecule has 0 aliphatic carbocycles. The van der Waals surface area contributed by atoms with Crippen molar-refractivity contribution in [1.29, 1.82) is 0 Å². The zero-order chi connectivity index (χ0) is 25.8. The monoisotopic (exact) mass is 516 g/mol. The second-order valence-electron chi connectivity index (χ2n) is 9.05. The van der Waals surface area contributed by atoms with Crippen LogP contribution in [0.5, 0.6) is 23.0 Å². The number of benzene rings is 3. The average molecular weight is 517 g/mol. The first-order valence-electron chi connectivity index (χ1n) is 12.1. The lowest BCUT2D eigenvalue weighted by molar-refractivity contribution is -0.131. The summed E-state index contributed by atoms with van der Waals surface area (Å²) in [4.78, 5) is 13.6. The first-order chi connectivity index (χ1) is 17.9. The summed E-state index contributed by atoms with van der Waals surface area (Å²) in [6, 6.07) is 22.1. The van der Waals surface area contributed by atoms with Crippen LogP contribution in [0, 0.1) is 0 Å². The molecule has 3 aromatic carbocycles. The van der Waals surface area contributed by atoms with Gasteiger partial charge in [-0.15, -0.1) is 0 Å². The van der Waals surface area contributed by atoms with Gasteiger partial charge in [0.2, 0.25) is 5.91 Å². The first-order valence-corrected chi connectivity index (χ1v) is 12.5. The highest BCUT2D eigenvalue weighted by Gasteiger charge is 2.39. The molecule has 0 aromatic heterocycles. The topological polar surface area (TPSA) is 95.1 Å². The van der Waals surface area contributed by atoms with E-state index < -0.39 is 5.60 Å². The van der Waals surface area contributed by atoms with Gasteiger partial charge in [-0.2, -0.15) is 0 Å². The number of phenols is 1. The molecule has 2 heterocycles. The third kappa shape index (κ3) is 5.78. The van der Waals surface area contributed by atoms with Crippen molar-refractivity contribution in [3.05, 3.63) is 84.4 Å². The van der Waals surface area contributed by atoms with Crippen molar-refractivity contribution in [3.63, 3.8) is 0 Å². The van der Waals surface area contributed by atoms with Gasteiger partial charge in [0.1, 0.15) is 28.6 Å². The minimum absolute atomic E-state index is 0.0658. The molecule has 1 amide bonds. The predicted molar refractivity (Wildman–Crippen MR) is 146 cm³/mol. The van der Waals surface area contributed by atoms with Crippen LogP contribution in [0.3, 0.4) is 0 Å². The maximum absolute atomic E-state index is 11.8. The quantitative estimate of drug-likeness (QED) is 0.284. The average Bonchev–Trinajstić information content (AvgIpc) is 2.90. The Morgan fingerprint density at radius 3 is 2.43 bits per heavy atom. The van der Waals surface area contributed by atoms with Crippen molar-refractivity contribution < 1.29 is 19.4 Å². The normalized spacial score (nSPS) is 15.6. The maximum atomic E-state index is 11.8. The molecule has 2 aliphatic rings. The number of piperidine rings is 1. The van der Waals surface area contributed by atoms with E-state index in [4.69, 9.17) is 21.7 Å². The Labute approximate surface area is 220 Å². The number of thiocarbonyl (C=S) groups is 1. The Morgan fingerprint density at radius 1 is 1.03 bits per heavy atom. The number of carbonyl (C=O) groups is 1. The van der Waals surface area contributed by atoms with Gasteiger partial charge in [-0.1, -0.05) is 18.2 Å². The van der Waals surface area contributed by atoms with Crippen molar-refractivity contribution in [3.8, 4) is 23.0 Å². The van der Waals surface area contributed by atoms with Crippen molar-refractivity contribution >= 4 is 34.6 Å². The van der Waals surface area contributed by atoms with Gasteiger partial charge in [0.25, 0.3) is 0 Å². The third-order valence-corrected chi connectivity index (χ3v) is 6.63. The molecule has 2 aliphatic heterocycles. The first kappa shape index (κ1) is 24.5. The molecule has 0 saturated carbocycles. The second-order valence-corrected chi connectivity index (χ2v) is 9.46.